The first-order chi connectivity index (χ1) is 8.50. The van der Waals surface area contributed by atoms with Crippen molar-refractivity contribution >= 4 is 11.0 Å². The van der Waals surface area contributed by atoms with E-state index in [1.807, 2.05) is 26.8 Å². The third kappa shape index (κ3) is 2.88. The lowest BCUT2D eigenvalue weighted by molar-refractivity contribution is 0.490. The van der Waals surface area contributed by atoms with Crippen molar-refractivity contribution < 1.29 is 0 Å². The van der Waals surface area contributed by atoms with Crippen LogP contribution in [0.25, 0.3) is 11.0 Å². The zero-order chi connectivity index (χ0) is 13.2. The van der Waals surface area contributed by atoms with Crippen LogP contribution in [0, 0.1) is 18.3 Å². The standard InChI is InChI=1S/C14H18N4/c1-10-17-12-5-4-11(8-13(12)18-10)6-7-16-14(2,3)9-15/h4-5,8,16H,6-7H2,1-3H3,(H,17,18). The fraction of sp³-hybridized carbons (Fsp3) is 0.429. The first-order valence-electron chi connectivity index (χ1n) is 6.12. The number of benzene rings is 1. The minimum Gasteiger partial charge on any atom is -0.342 e. The van der Waals surface area contributed by atoms with Gasteiger partial charge in [-0.3, -0.25) is 5.32 Å². The van der Waals surface area contributed by atoms with Crippen molar-refractivity contribution in [2.24, 2.45) is 0 Å². The normalized spacial score (nSPS) is 11.7. The van der Waals surface area contributed by atoms with Gasteiger partial charge in [-0.1, -0.05) is 6.07 Å². The average Bonchev–Trinajstić information content (AvgIpc) is 2.68. The van der Waals surface area contributed by atoms with Crippen molar-refractivity contribution in [2.45, 2.75) is 32.7 Å². The van der Waals surface area contributed by atoms with E-state index in [-0.39, 0.29) is 0 Å². The van der Waals surface area contributed by atoms with E-state index in [4.69, 9.17) is 5.26 Å². The highest BCUT2D eigenvalue weighted by molar-refractivity contribution is 5.75. The molecule has 1 heterocycles. The highest BCUT2D eigenvalue weighted by Gasteiger charge is 2.14. The maximum absolute atomic E-state index is 8.91. The molecular weight excluding hydrogens is 224 g/mol. The van der Waals surface area contributed by atoms with Crippen LogP contribution in [0.15, 0.2) is 18.2 Å². The van der Waals surface area contributed by atoms with Crippen molar-refractivity contribution in [3.8, 4) is 6.07 Å². The van der Waals surface area contributed by atoms with E-state index in [9.17, 15) is 0 Å². The average molecular weight is 242 g/mol. The minimum absolute atomic E-state index is 0.464. The van der Waals surface area contributed by atoms with Gasteiger partial charge in [0.1, 0.15) is 11.4 Å². The predicted octanol–water partition coefficient (Wildman–Crippen LogP) is 2.31. The van der Waals surface area contributed by atoms with Crippen LogP contribution >= 0.6 is 0 Å². The third-order valence-corrected chi connectivity index (χ3v) is 2.92. The molecule has 2 aromatic rings. The summed E-state index contributed by atoms with van der Waals surface area (Å²) in [5, 5.41) is 12.1. The number of hydrogen-bond acceptors (Lipinski definition) is 3. The summed E-state index contributed by atoms with van der Waals surface area (Å²) in [4.78, 5) is 7.61. The van der Waals surface area contributed by atoms with E-state index >= 15 is 0 Å². The Labute approximate surface area is 107 Å². The molecule has 0 unspecified atom stereocenters. The molecule has 0 aliphatic heterocycles. The number of aromatic nitrogens is 2. The van der Waals surface area contributed by atoms with Gasteiger partial charge < -0.3 is 4.98 Å². The fourth-order valence-electron chi connectivity index (χ4n) is 1.90. The van der Waals surface area contributed by atoms with E-state index in [2.05, 4.69) is 33.5 Å². The van der Waals surface area contributed by atoms with Gasteiger partial charge in [0.2, 0.25) is 0 Å². The molecule has 0 aliphatic carbocycles. The zero-order valence-corrected chi connectivity index (χ0v) is 11.0. The van der Waals surface area contributed by atoms with E-state index in [1.165, 1.54) is 5.56 Å². The first-order valence-corrected chi connectivity index (χ1v) is 6.12. The summed E-state index contributed by atoms with van der Waals surface area (Å²) < 4.78 is 0. The molecule has 0 saturated carbocycles. The number of aryl methyl sites for hydroxylation is 1. The number of H-pyrrole nitrogens is 1. The number of aromatic amines is 1. The van der Waals surface area contributed by atoms with E-state index in [0.29, 0.717) is 0 Å². The highest BCUT2D eigenvalue weighted by atomic mass is 14.9. The lowest BCUT2D eigenvalue weighted by Crippen LogP contribution is -2.38. The van der Waals surface area contributed by atoms with Crippen LogP contribution < -0.4 is 5.32 Å². The number of imidazole rings is 1. The van der Waals surface area contributed by atoms with Gasteiger partial charge >= 0.3 is 0 Å². The molecule has 4 nitrogen and oxygen atoms in total. The summed E-state index contributed by atoms with van der Waals surface area (Å²) in [7, 11) is 0. The lowest BCUT2D eigenvalue weighted by Gasteiger charge is -2.17. The Kier molecular flexibility index (Phi) is 3.35. The monoisotopic (exact) mass is 242 g/mol. The van der Waals surface area contributed by atoms with Crippen molar-refractivity contribution in [3.05, 3.63) is 29.6 Å². The quantitative estimate of drug-likeness (QED) is 0.864. The topological polar surface area (TPSA) is 64.5 Å². The SMILES string of the molecule is Cc1nc2ccc(CCNC(C)(C)C#N)cc2[nH]1. The lowest BCUT2D eigenvalue weighted by atomic mass is 10.1. The molecule has 0 saturated heterocycles. The first kappa shape index (κ1) is 12.6. The number of rotatable bonds is 4. The van der Waals surface area contributed by atoms with E-state index < -0.39 is 5.54 Å². The van der Waals surface area contributed by atoms with Crippen LogP contribution in [0.3, 0.4) is 0 Å². The molecule has 0 fully saturated rings. The Morgan fingerprint density at radius 2 is 2.22 bits per heavy atom. The van der Waals surface area contributed by atoms with E-state index in [1.54, 1.807) is 0 Å². The summed E-state index contributed by atoms with van der Waals surface area (Å²) >= 11 is 0. The van der Waals surface area contributed by atoms with Crippen molar-refractivity contribution in [1.82, 2.24) is 15.3 Å². The molecule has 0 spiro atoms. The molecule has 2 N–H and O–H groups in total. The van der Waals surface area contributed by atoms with E-state index in [0.717, 1.165) is 29.8 Å². The van der Waals surface area contributed by atoms with Gasteiger partial charge in [-0.25, -0.2) is 4.98 Å². The second kappa shape index (κ2) is 4.79. The molecule has 1 aromatic carbocycles. The molecule has 2 rings (SSSR count). The van der Waals surface area contributed by atoms with Gasteiger partial charge in [-0.05, 0) is 44.9 Å². The van der Waals surface area contributed by atoms with Crippen LogP contribution in [-0.2, 0) is 6.42 Å². The maximum atomic E-state index is 8.91. The number of fused-ring (bicyclic) bond motifs is 1. The van der Waals surface area contributed by atoms with Crippen LogP contribution in [-0.4, -0.2) is 22.1 Å². The van der Waals surface area contributed by atoms with Crippen LogP contribution in [0.5, 0.6) is 0 Å². The summed E-state index contributed by atoms with van der Waals surface area (Å²) in [5.41, 5.74) is 2.85. The molecule has 94 valence electrons. The summed E-state index contributed by atoms with van der Waals surface area (Å²) in [6.07, 6.45) is 0.902. The van der Waals surface area contributed by atoms with Gasteiger partial charge in [0.25, 0.3) is 0 Å². The molecule has 1 aromatic heterocycles. The summed E-state index contributed by atoms with van der Waals surface area (Å²) in [6.45, 7) is 6.51. The molecule has 0 amide bonds. The maximum Gasteiger partial charge on any atom is 0.104 e. The van der Waals surface area contributed by atoms with Gasteiger partial charge in [0, 0.05) is 6.54 Å². The smallest absolute Gasteiger partial charge is 0.104 e. The third-order valence-electron chi connectivity index (χ3n) is 2.92. The van der Waals surface area contributed by atoms with Gasteiger partial charge in [0.15, 0.2) is 0 Å². The number of nitrogens with zero attached hydrogens (tertiary/aromatic N) is 2. The molecule has 0 radical (unpaired) electrons. The molecule has 0 atom stereocenters. The van der Waals surface area contributed by atoms with Crippen LogP contribution in [0.1, 0.15) is 25.2 Å². The van der Waals surface area contributed by atoms with Crippen molar-refractivity contribution in [1.29, 1.82) is 5.26 Å². The molecule has 0 bridgehead atoms. The Morgan fingerprint density at radius 1 is 1.44 bits per heavy atom. The summed E-state index contributed by atoms with van der Waals surface area (Å²) in [6, 6.07) is 8.47. The Bertz CT molecular complexity index is 589. The molecular formula is C14H18N4. The summed E-state index contributed by atoms with van der Waals surface area (Å²) in [5.74, 6) is 0.936. The fourth-order valence-corrected chi connectivity index (χ4v) is 1.90. The van der Waals surface area contributed by atoms with Crippen molar-refractivity contribution in [2.75, 3.05) is 6.54 Å². The Hall–Kier alpha value is -1.86. The number of nitriles is 1. The second-order valence-electron chi connectivity index (χ2n) is 5.09. The Balaban J connectivity index is 2.02. The highest BCUT2D eigenvalue weighted by Crippen LogP contribution is 2.14. The number of nitrogens with one attached hydrogen (secondary N) is 2. The minimum atomic E-state index is -0.464. The zero-order valence-electron chi connectivity index (χ0n) is 11.0. The second-order valence-corrected chi connectivity index (χ2v) is 5.09. The largest absolute Gasteiger partial charge is 0.342 e. The van der Waals surface area contributed by atoms with Gasteiger partial charge in [-0.15, -0.1) is 0 Å². The van der Waals surface area contributed by atoms with Gasteiger partial charge in [0.05, 0.1) is 17.1 Å². The Morgan fingerprint density at radius 3 is 2.94 bits per heavy atom. The van der Waals surface area contributed by atoms with Crippen molar-refractivity contribution in [3.63, 3.8) is 0 Å². The van der Waals surface area contributed by atoms with Crippen LogP contribution in [0.2, 0.25) is 0 Å². The predicted molar refractivity (Wildman–Crippen MR) is 72.2 cm³/mol. The van der Waals surface area contributed by atoms with Crippen LogP contribution in [0.4, 0.5) is 0 Å². The molecule has 4 heteroatoms. The van der Waals surface area contributed by atoms with Gasteiger partial charge in [-0.2, -0.15) is 5.26 Å². The molecule has 0 aliphatic rings. The number of hydrogen-bond donors (Lipinski definition) is 2. The molecule has 18 heavy (non-hydrogen) atoms.